The van der Waals surface area contributed by atoms with E-state index in [1.807, 2.05) is 60.7 Å². The van der Waals surface area contributed by atoms with Gasteiger partial charge in [0.25, 0.3) is 0 Å². The highest BCUT2D eigenvalue weighted by Crippen LogP contribution is 2.27. The summed E-state index contributed by atoms with van der Waals surface area (Å²) in [5.74, 6) is -0.453. The predicted molar refractivity (Wildman–Crippen MR) is 103 cm³/mol. The molecule has 0 unspecified atom stereocenters. The van der Waals surface area contributed by atoms with E-state index in [1.165, 1.54) is 0 Å². The fraction of sp³-hybridized carbons (Fsp3) is 0.318. The molecule has 2 aromatic carbocycles. The lowest BCUT2D eigenvalue weighted by atomic mass is 9.88. The van der Waals surface area contributed by atoms with Gasteiger partial charge in [-0.2, -0.15) is 0 Å². The van der Waals surface area contributed by atoms with E-state index in [1.54, 1.807) is 13.0 Å². The minimum Gasteiger partial charge on any atom is -0.463 e. The van der Waals surface area contributed by atoms with E-state index in [2.05, 4.69) is 5.32 Å². The third kappa shape index (κ3) is 4.63. The number of esters is 1. The number of nitrogens with one attached hydrogen (secondary N) is 1. The van der Waals surface area contributed by atoms with Gasteiger partial charge in [-0.15, -0.1) is 0 Å². The molecule has 0 saturated heterocycles. The van der Waals surface area contributed by atoms with Crippen LogP contribution >= 0.6 is 0 Å². The molecule has 0 heterocycles. The molecule has 0 amide bonds. The van der Waals surface area contributed by atoms with Crippen LogP contribution < -0.4 is 5.32 Å². The van der Waals surface area contributed by atoms with Gasteiger partial charge in [-0.05, 0) is 18.1 Å². The van der Waals surface area contributed by atoms with E-state index in [0.29, 0.717) is 5.57 Å². The summed E-state index contributed by atoms with van der Waals surface area (Å²) in [6, 6.07) is 19.0. The maximum Gasteiger partial charge on any atom is 0.333 e. The first-order chi connectivity index (χ1) is 13.1. The molecule has 5 nitrogen and oxygen atoms in total. The molecule has 3 atom stereocenters. The van der Waals surface area contributed by atoms with E-state index < -0.39 is 24.2 Å². The smallest absolute Gasteiger partial charge is 0.333 e. The minimum absolute atomic E-state index is 0.0829. The van der Waals surface area contributed by atoms with Crippen LogP contribution in [0, 0.1) is 0 Å². The monoisotopic (exact) mass is 367 g/mol. The lowest BCUT2D eigenvalue weighted by Gasteiger charge is -2.34. The number of hydrogen-bond donors (Lipinski definition) is 3. The molecule has 1 aliphatic carbocycles. The Kier molecular flexibility index (Phi) is 6.40. The third-order valence-electron chi connectivity index (χ3n) is 4.73. The van der Waals surface area contributed by atoms with Gasteiger partial charge in [0, 0.05) is 12.0 Å². The quantitative estimate of drug-likeness (QED) is 0.683. The van der Waals surface area contributed by atoms with E-state index in [9.17, 15) is 15.0 Å². The molecular weight excluding hydrogens is 342 g/mol. The van der Waals surface area contributed by atoms with E-state index in [-0.39, 0.29) is 19.1 Å². The second kappa shape index (κ2) is 8.95. The van der Waals surface area contributed by atoms with Gasteiger partial charge in [-0.1, -0.05) is 66.7 Å². The van der Waals surface area contributed by atoms with Gasteiger partial charge in [-0.3, -0.25) is 5.32 Å². The van der Waals surface area contributed by atoms with Gasteiger partial charge in [-0.25, -0.2) is 4.79 Å². The SMILES string of the molecule is CCOC(=O)C1=C[C@@H](NC(c2ccccc2)c2ccccc2)[C@H](O)[C@H](O)C1. The van der Waals surface area contributed by atoms with Crippen molar-refractivity contribution in [2.24, 2.45) is 0 Å². The Morgan fingerprint density at radius 3 is 2.15 bits per heavy atom. The molecule has 0 fully saturated rings. The average Bonchev–Trinajstić information content (AvgIpc) is 2.70. The standard InChI is InChI=1S/C22H25NO4/c1-2-27-22(26)17-13-18(21(25)19(24)14-17)23-20(15-9-5-3-6-10-15)16-11-7-4-8-12-16/h3-13,18-21,23-25H,2,14H2,1H3/t18-,19-,21+/m1/s1. The van der Waals surface area contributed by atoms with Crippen molar-refractivity contribution in [3.8, 4) is 0 Å². The van der Waals surface area contributed by atoms with Crippen LogP contribution in [0.4, 0.5) is 0 Å². The first kappa shape index (κ1) is 19.3. The fourth-order valence-electron chi connectivity index (χ4n) is 3.36. The zero-order valence-electron chi connectivity index (χ0n) is 15.3. The Hall–Kier alpha value is -2.47. The van der Waals surface area contributed by atoms with Crippen molar-refractivity contribution < 1.29 is 19.7 Å². The maximum absolute atomic E-state index is 12.1. The molecule has 27 heavy (non-hydrogen) atoms. The second-order valence-corrected chi connectivity index (χ2v) is 6.62. The van der Waals surface area contributed by atoms with Crippen molar-refractivity contribution in [3.63, 3.8) is 0 Å². The Labute approximate surface area is 159 Å². The van der Waals surface area contributed by atoms with Crippen LogP contribution in [0.1, 0.15) is 30.5 Å². The molecular formula is C22H25NO4. The number of aliphatic hydroxyl groups excluding tert-OH is 2. The summed E-state index contributed by atoms with van der Waals surface area (Å²) in [5.41, 5.74) is 2.44. The Bertz CT molecular complexity index is 736. The molecule has 0 radical (unpaired) electrons. The highest BCUT2D eigenvalue weighted by molar-refractivity contribution is 5.89. The van der Waals surface area contributed by atoms with Crippen molar-refractivity contribution in [3.05, 3.63) is 83.4 Å². The average molecular weight is 367 g/mol. The zero-order chi connectivity index (χ0) is 19.2. The molecule has 0 saturated carbocycles. The summed E-state index contributed by atoms with van der Waals surface area (Å²) in [7, 11) is 0. The van der Waals surface area contributed by atoms with Gasteiger partial charge in [0.05, 0.1) is 30.9 Å². The Morgan fingerprint density at radius 1 is 1.07 bits per heavy atom. The molecule has 0 bridgehead atoms. The fourth-order valence-corrected chi connectivity index (χ4v) is 3.36. The number of rotatable bonds is 6. The van der Waals surface area contributed by atoms with Crippen molar-refractivity contribution in [1.82, 2.24) is 5.32 Å². The largest absolute Gasteiger partial charge is 0.463 e. The molecule has 0 aromatic heterocycles. The lowest BCUT2D eigenvalue weighted by molar-refractivity contribution is -0.139. The first-order valence-electron chi connectivity index (χ1n) is 9.20. The number of hydrogen-bond acceptors (Lipinski definition) is 5. The summed E-state index contributed by atoms with van der Waals surface area (Å²) < 4.78 is 5.06. The molecule has 0 spiro atoms. The Balaban J connectivity index is 1.92. The molecule has 5 heteroatoms. The van der Waals surface area contributed by atoms with Crippen LogP contribution in [0.15, 0.2) is 72.3 Å². The van der Waals surface area contributed by atoms with Crippen molar-refractivity contribution in [2.45, 2.75) is 37.6 Å². The molecule has 0 aliphatic heterocycles. The number of ether oxygens (including phenoxy) is 1. The van der Waals surface area contributed by atoms with Crippen molar-refractivity contribution in [2.75, 3.05) is 6.61 Å². The highest BCUT2D eigenvalue weighted by atomic mass is 16.5. The van der Waals surface area contributed by atoms with Gasteiger partial charge >= 0.3 is 5.97 Å². The van der Waals surface area contributed by atoms with Crippen LogP contribution in [0.5, 0.6) is 0 Å². The van der Waals surface area contributed by atoms with Crippen LogP contribution in [0.3, 0.4) is 0 Å². The van der Waals surface area contributed by atoms with Gasteiger partial charge in [0.2, 0.25) is 0 Å². The molecule has 142 valence electrons. The van der Waals surface area contributed by atoms with Crippen LogP contribution in [-0.2, 0) is 9.53 Å². The number of carbonyl (C=O) groups excluding carboxylic acids is 1. The Morgan fingerprint density at radius 2 is 1.63 bits per heavy atom. The topological polar surface area (TPSA) is 78.8 Å². The summed E-state index contributed by atoms with van der Waals surface area (Å²) in [5, 5.41) is 24.2. The zero-order valence-corrected chi connectivity index (χ0v) is 15.3. The number of aliphatic hydroxyl groups is 2. The van der Waals surface area contributed by atoms with Gasteiger partial charge < -0.3 is 14.9 Å². The normalized spacial score (nSPS) is 22.4. The summed E-state index contributed by atoms with van der Waals surface area (Å²) in [6.07, 6.45) is -0.287. The number of carbonyl (C=O) groups is 1. The molecule has 3 N–H and O–H groups in total. The maximum atomic E-state index is 12.1. The van der Waals surface area contributed by atoms with Crippen LogP contribution in [0.2, 0.25) is 0 Å². The van der Waals surface area contributed by atoms with Gasteiger partial charge in [0.1, 0.15) is 0 Å². The van der Waals surface area contributed by atoms with Gasteiger partial charge in [0.15, 0.2) is 0 Å². The molecule has 1 aliphatic rings. The minimum atomic E-state index is -1.03. The first-order valence-corrected chi connectivity index (χ1v) is 9.20. The number of benzene rings is 2. The molecule has 2 aromatic rings. The van der Waals surface area contributed by atoms with E-state index >= 15 is 0 Å². The van der Waals surface area contributed by atoms with E-state index in [4.69, 9.17) is 4.74 Å². The third-order valence-corrected chi connectivity index (χ3v) is 4.73. The highest BCUT2D eigenvalue weighted by Gasteiger charge is 2.34. The van der Waals surface area contributed by atoms with E-state index in [0.717, 1.165) is 11.1 Å². The van der Waals surface area contributed by atoms with Crippen molar-refractivity contribution in [1.29, 1.82) is 0 Å². The summed E-state index contributed by atoms with van der Waals surface area (Å²) in [4.78, 5) is 12.1. The second-order valence-electron chi connectivity index (χ2n) is 6.62. The van der Waals surface area contributed by atoms with Crippen molar-refractivity contribution >= 4 is 5.97 Å². The molecule has 3 rings (SSSR count). The lowest BCUT2D eigenvalue weighted by Crippen LogP contribution is -2.49. The van der Waals surface area contributed by atoms with Crippen LogP contribution in [0.25, 0.3) is 0 Å². The summed E-state index contributed by atoms with van der Waals surface area (Å²) >= 11 is 0. The van der Waals surface area contributed by atoms with Crippen LogP contribution in [-0.4, -0.2) is 41.0 Å². The summed E-state index contributed by atoms with van der Waals surface area (Å²) in [6.45, 7) is 2.01. The predicted octanol–water partition coefficient (Wildman–Crippen LogP) is 2.35.